The Labute approximate surface area is 117 Å². The number of nitrogens with two attached hydrogens (primary N) is 1. The molecule has 0 aliphatic carbocycles. The molecule has 0 spiro atoms. The third-order valence-electron chi connectivity index (χ3n) is 2.60. The molecule has 106 valence electrons. The molecule has 8 heteroatoms. The van der Waals surface area contributed by atoms with Crippen molar-refractivity contribution in [3.05, 3.63) is 29.6 Å². The quantitative estimate of drug-likeness (QED) is 0.601. The molecule has 0 aliphatic rings. The SMILES string of the molecule is COc1nc(NN)nc(N(C)Cc2cccc(C)n2)n1. The zero-order valence-corrected chi connectivity index (χ0v) is 11.7. The number of nitrogens with zero attached hydrogens (tertiary/aromatic N) is 5. The van der Waals surface area contributed by atoms with Crippen molar-refractivity contribution in [1.29, 1.82) is 0 Å². The molecule has 0 saturated heterocycles. The van der Waals surface area contributed by atoms with Gasteiger partial charge in [0, 0.05) is 12.7 Å². The van der Waals surface area contributed by atoms with E-state index >= 15 is 0 Å². The first-order valence-corrected chi connectivity index (χ1v) is 6.02. The zero-order valence-electron chi connectivity index (χ0n) is 11.7. The molecular weight excluding hydrogens is 258 g/mol. The van der Waals surface area contributed by atoms with E-state index in [-0.39, 0.29) is 12.0 Å². The summed E-state index contributed by atoms with van der Waals surface area (Å²) >= 11 is 0. The highest BCUT2D eigenvalue weighted by Crippen LogP contribution is 2.14. The molecule has 0 aliphatic heterocycles. The summed E-state index contributed by atoms with van der Waals surface area (Å²) < 4.78 is 5.02. The van der Waals surface area contributed by atoms with Gasteiger partial charge < -0.3 is 9.64 Å². The third kappa shape index (κ3) is 3.29. The van der Waals surface area contributed by atoms with E-state index in [1.54, 1.807) is 0 Å². The Hall–Kier alpha value is -2.48. The van der Waals surface area contributed by atoms with Crippen LogP contribution >= 0.6 is 0 Å². The Morgan fingerprint density at radius 3 is 2.70 bits per heavy atom. The van der Waals surface area contributed by atoms with Gasteiger partial charge in [-0.05, 0) is 19.1 Å². The topological polar surface area (TPSA) is 102 Å². The van der Waals surface area contributed by atoms with Gasteiger partial charge in [-0.2, -0.15) is 15.0 Å². The molecule has 20 heavy (non-hydrogen) atoms. The maximum Gasteiger partial charge on any atom is 0.322 e. The van der Waals surface area contributed by atoms with E-state index < -0.39 is 0 Å². The van der Waals surface area contributed by atoms with Crippen molar-refractivity contribution < 1.29 is 4.74 Å². The predicted octanol–water partition coefficient (Wildman–Crippen LogP) is 0.506. The molecule has 0 aromatic carbocycles. The van der Waals surface area contributed by atoms with Crippen LogP contribution in [0.2, 0.25) is 0 Å². The number of hydrazine groups is 1. The van der Waals surface area contributed by atoms with E-state index in [0.717, 1.165) is 11.4 Å². The minimum atomic E-state index is 0.201. The zero-order chi connectivity index (χ0) is 14.5. The number of nitrogens with one attached hydrogen (secondary N) is 1. The van der Waals surface area contributed by atoms with E-state index in [4.69, 9.17) is 10.6 Å². The van der Waals surface area contributed by atoms with Gasteiger partial charge in [-0.3, -0.25) is 10.4 Å². The molecule has 0 bridgehead atoms. The van der Waals surface area contributed by atoms with Crippen LogP contribution in [0.1, 0.15) is 11.4 Å². The molecule has 0 fully saturated rings. The number of nitrogen functional groups attached to an aromatic ring is 1. The summed E-state index contributed by atoms with van der Waals surface area (Å²) in [6.07, 6.45) is 0. The molecule has 0 saturated carbocycles. The molecule has 2 aromatic rings. The first kappa shape index (κ1) is 13.9. The van der Waals surface area contributed by atoms with Crippen molar-refractivity contribution in [2.24, 2.45) is 5.84 Å². The summed E-state index contributed by atoms with van der Waals surface area (Å²) in [6, 6.07) is 6.06. The first-order valence-electron chi connectivity index (χ1n) is 6.02. The van der Waals surface area contributed by atoms with Gasteiger partial charge in [-0.15, -0.1) is 0 Å². The molecule has 0 atom stereocenters. The van der Waals surface area contributed by atoms with Crippen molar-refractivity contribution in [2.75, 3.05) is 24.5 Å². The number of rotatable bonds is 5. The highest BCUT2D eigenvalue weighted by atomic mass is 16.5. The molecule has 2 heterocycles. The molecule has 3 N–H and O–H groups in total. The summed E-state index contributed by atoms with van der Waals surface area (Å²) in [5.74, 6) is 6.02. The van der Waals surface area contributed by atoms with Crippen LogP contribution in [0.15, 0.2) is 18.2 Å². The lowest BCUT2D eigenvalue weighted by Gasteiger charge is -2.17. The Bertz CT molecular complexity index is 568. The average Bonchev–Trinajstić information content (AvgIpc) is 2.46. The first-order chi connectivity index (χ1) is 9.62. The van der Waals surface area contributed by atoms with Crippen molar-refractivity contribution >= 4 is 11.9 Å². The van der Waals surface area contributed by atoms with Crippen molar-refractivity contribution in [3.8, 4) is 6.01 Å². The van der Waals surface area contributed by atoms with Gasteiger partial charge in [0.2, 0.25) is 11.9 Å². The number of methoxy groups -OCH3 is 1. The Balaban J connectivity index is 2.22. The third-order valence-corrected chi connectivity index (χ3v) is 2.60. The van der Waals surface area contributed by atoms with Gasteiger partial charge >= 0.3 is 6.01 Å². The molecule has 8 nitrogen and oxygen atoms in total. The van der Waals surface area contributed by atoms with Crippen LogP contribution in [-0.4, -0.2) is 34.1 Å². The van der Waals surface area contributed by atoms with Crippen LogP contribution in [0.5, 0.6) is 6.01 Å². The lowest BCUT2D eigenvalue weighted by molar-refractivity contribution is 0.379. The predicted molar refractivity (Wildman–Crippen MR) is 75.3 cm³/mol. The van der Waals surface area contributed by atoms with Crippen LogP contribution < -0.4 is 20.9 Å². The number of aryl methyl sites for hydroxylation is 1. The summed E-state index contributed by atoms with van der Waals surface area (Å²) in [5.41, 5.74) is 4.28. The summed E-state index contributed by atoms with van der Waals surface area (Å²) in [5, 5.41) is 0. The van der Waals surface area contributed by atoms with E-state index in [1.165, 1.54) is 7.11 Å². The van der Waals surface area contributed by atoms with Gasteiger partial charge in [-0.25, -0.2) is 5.84 Å². The second kappa shape index (κ2) is 6.11. The highest BCUT2D eigenvalue weighted by molar-refractivity contribution is 5.37. The van der Waals surface area contributed by atoms with E-state index in [9.17, 15) is 0 Å². The van der Waals surface area contributed by atoms with Crippen LogP contribution in [-0.2, 0) is 6.54 Å². The fraction of sp³-hybridized carbons (Fsp3) is 0.333. The smallest absolute Gasteiger partial charge is 0.322 e. The Morgan fingerprint density at radius 2 is 2.05 bits per heavy atom. The maximum absolute atomic E-state index is 5.33. The largest absolute Gasteiger partial charge is 0.467 e. The summed E-state index contributed by atoms with van der Waals surface area (Å²) in [7, 11) is 3.35. The summed E-state index contributed by atoms with van der Waals surface area (Å²) in [6.45, 7) is 2.52. The lowest BCUT2D eigenvalue weighted by atomic mass is 10.3. The molecule has 2 aromatic heterocycles. The number of hydrogen-bond acceptors (Lipinski definition) is 8. The number of hydrogen-bond donors (Lipinski definition) is 2. The standard InChI is InChI=1S/C12H17N7O/c1-8-5-4-6-9(14-8)7-19(2)11-15-10(18-13)16-12(17-11)20-3/h4-6H,7,13H2,1-3H3,(H,15,16,17,18). The van der Waals surface area contributed by atoms with Gasteiger partial charge in [0.15, 0.2) is 0 Å². The number of aromatic nitrogens is 4. The van der Waals surface area contributed by atoms with E-state index in [1.807, 2.05) is 37.1 Å². The monoisotopic (exact) mass is 275 g/mol. The summed E-state index contributed by atoms with van der Waals surface area (Å²) in [4.78, 5) is 18.6. The van der Waals surface area contributed by atoms with E-state index in [0.29, 0.717) is 12.5 Å². The average molecular weight is 275 g/mol. The molecule has 0 radical (unpaired) electrons. The molecular formula is C12H17N7O. The van der Waals surface area contributed by atoms with E-state index in [2.05, 4.69) is 25.4 Å². The number of ether oxygens (including phenoxy) is 1. The lowest BCUT2D eigenvalue weighted by Crippen LogP contribution is -2.22. The Morgan fingerprint density at radius 1 is 1.25 bits per heavy atom. The van der Waals surface area contributed by atoms with Gasteiger partial charge in [0.25, 0.3) is 0 Å². The fourth-order valence-electron chi connectivity index (χ4n) is 1.67. The number of anilines is 2. The second-order valence-corrected chi connectivity index (χ2v) is 4.22. The van der Waals surface area contributed by atoms with Gasteiger partial charge in [0.05, 0.1) is 19.3 Å². The number of pyridine rings is 1. The van der Waals surface area contributed by atoms with Crippen LogP contribution in [0.4, 0.5) is 11.9 Å². The fourth-order valence-corrected chi connectivity index (χ4v) is 1.67. The minimum Gasteiger partial charge on any atom is -0.467 e. The molecule has 0 amide bonds. The van der Waals surface area contributed by atoms with Crippen molar-refractivity contribution in [2.45, 2.75) is 13.5 Å². The molecule has 2 rings (SSSR count). The second-order valence-electron chi connectivity index (χ2n) is 4.22. The van der Waals surface area contributed by atoms with Crippen LogP contribution in [0, 0.1) is 6.92 Å². The van der Waals surface area contributed by atoms with Gasteiger partial charge in [0.1, 0.15) is 0 Å². The minimum absolute atomic E-state index is 0.201. The highest BCUT2D eigenvalue weighted by Gasteiger charge is 2.11. The van der Waals surface area contributed by atoms with Crippen molar-refractivity contribution in [1.82, 2.24) is 19.9 Å². The van der Waals surface area contributed by atoms with Gasteiger partial charge in [-0.1, -0.05) is 6.07 Å². The van der Waals surface area contributed by atoms with Crippen molar-refractivity contribution in [3.63, 3.8) is 0 Å². The Kier molecular flexibility index (Phi) is 4.26. The van der Waals surface area contributed by atoms with Crippen LogP contribution in [0.3, 0.4) is 0 Å². The van der Waals surface area contributed by atoms with Crippen LogP contribution in [0.25, 0.3) is 0 Å². The maximum atomic E-state index is 5.33. The normalized spacial score (nSPS) is 10.2. The molecule has 0 unspecified atom stereocenters.